The third kappa shape index (κ3) is 6.71. The molecule has 5 aromatic rings. The number of ether oxygens (including phenoxy) is 2. The van der Waals surface area contributed by atoms with Gasteiger partial charge in [0.1, 0.15) is 23.7 Å². The van der Waals surface area contributed by atoms with E-state index < -0.39 is 24.3 Å². The number of nitrogens with zero attached hydrogens (tertiary/aromatic N) is 4. The lowest BCUT2D eigenvalue weighted by Gasteiger charge is -2.31. The van der Waals surface area contributed by atoms with Gasteiger partial charge < -0.3 is 39.9 Å². The van der Waals surface area contributed by atoms with Crippen LogP contribution in [0.5, 0.6) is 0 Å². The van der Waals surface area contributed by atoms with Gasteiger partial charge in [-0.05, 0) is 95.9 Å². The molecular weight excluding hydrogens is 737 g/mol. The highest BCUT2D eigenvalue weighted by molar-refractivity contribution is 5.89. The van der Waals surface area contributed by atoms with Crippen molar-refractivity contribution in [1.82, 2.24) is 40.4 Å². The second-order valence-corrected chi connectivity index (χ2v) is 17.1. The molecule has 4 N–H and O–H groups in total. The van der Waals surface area contributed by atoms with Crippen LogP contribution in [-0.4, -0.2) is 92.1 Å². The van der Waals surface area contributed by atoms with Gasteiger partial charge in [0.15, 0.2) is 0 Å². The van der Waals surface area contributed by atoms with Crippen molar-refractivity contribution in [1.29, 1.82) is 0 Å². The van der Waals surface area contributed by atoms with Crippen molar-refractivity contribution < 1.29 is 28.7 Å². The Balaban J connectivity index is 0.916. The minimum absolute atomic E-state index is 0.0985. The van der Waals surface area contributed by atoms with E-state index in [1.54, 1.807) is 0 Å². The monoisotopic (exact) mass is 786 g/mol. The van der Waals surface area contributed by atoms with E-state index in [2.05, 4.69) is 69.1 Å². The Hall–Kier alpha value is -5.92. The van der Waals surface area contributed by atoms with Crippen LogP contribution in [0.3, 0.4) is 0 Å². The van der Waals surface area contributed by atoms with Crippen LogP contribution in [0.1, 0.15) is 77.1 Å². The number of rotatable bonds is 10. The molecule has 302 valence electrons. The maximum atomic E-state index is 13.9. The number of aromatic amines is 2. The van der Waals surface area contributed by atoms with Gasteiger partial charge in [-0.1, -0.05) is 64.1 Å². The Kier molecular flexibility index (Phi) is 9.39. The molecule has 2 saturated heterocycles. The molecule has 14 heteroatoms. The second kappa shape index (κ2) is 14.5. The highest BCUT2D eigenvalue weighted by atomic mass is 16.5. The molecule has 2 aromatic heterocycles. The number of imidazole rings is 2. The number of carbonyl (C=O) groups excluding carboxylic acids is 4. The number of hydrogen-bond donors (Lipinski definition) is 4. The molecule has 3 aromatic carbocycles. The fraction of sp³-hybridized carbons (Fsp3) is 0.455. The van der Waals surface area contributed by atoms with Crippen LogP contribution in [0.25, 0.3) is 44.3 Å². The van der Waals surface area contributed by atoms with Crippen molar-refractivity contribution in [3.63, 3.8) is 0 Å². The van der Waals surface area contributed by atoms with Crippen molar-refractivity contribution in [3.8, 4) is 22.3 Å². The zero-order valence-corrected chi connectivity index (χ0v) is 33.6. The molecule has 8 atom stereocenters. The standard InChI is InChI=1S/C44H50N8O6/c1-21(2)37(49-43(55)57-5)41(53)51-33-17-27(33)19-35(51)39-45-29-13-11-25(15-31(29)47-39)23-7-9-24(10-8-23)26-12-14-30-32(16-26)48-40(46-30)36-20-28-18-34(28)52(36)42(54)38(22(3)4)50-44(56)58-6/h7-16,21-22,27-28,33-38H,17-20H2,1-6H3,(H,45,47)(H,46,48)(H,49,55)(H,50,56)/t27-,28-,33-,34-,35-,36-,37-,38-/m0/s1. The van der Waals surface area contributed by atoms with Crippen molar-refractivity contribution in [2.24, 2.45) is 23.7 Å². The molecule has 0 radical (unpaired) electrons. The van der Waals surface area contributed by atoms with E-state index in [1.807, 2.05) is 49.6 Å². The van der Waals surface area contributed by atoms with Crippen molar-refractivity contribution in [3.05, 3.63) is 72.3 Å². The van der Waals surface area contributed by atoms with Gasteiger partial charge in [0.25, 0.3) is 0 Å². The van der Waals surface area contributed by atoms with Gasteiger partial charge in [-0.2, -0.15) is 0 Å². The average molecular weight is 787 g/mol. The average Bonchev–Trinajstić information content (AvgIpc) is 3.88. The van der Waals surface area contributed by atoms with Crippen LogP contribution in [-0.2, 0) is 19.1 Å². The molecule has 0 unspecified atom stereocenters. The quantitative estimate of drug-likeness (QED) is 0.119. The second-order valence-electron chi connectivity index (χ2n) is 17.1. The number of piperidine rings is 2. The van der Waals surface area contributed by atoms with Crippen molar-refractivity contribution >= 4 is 46.1 Å². The van der Waals surface area contributed by atoms with E-state index in [1.165, 1.54) is 14.2 Å². The molecule has 2 saturated carbocycles. The lowest BCUT2D eigenvalue weighted by molar-refractivity contribution is -0.137. The Labute approximate surface area is 336 Å². The van der Waals surface area contributed by atoms with Gasteiger partial charge in [-0.15, -0.1) is 0 Å². The van der Waals surface area contributed by atoms with E-state index in [9.17, 15) is 19.2 Å². The first-order valence-electron chi connectivity index (χ1n) is 20.4. The molecule has 4 aliphatic rings. The number of aromatic nitrogens is 4. The Morgan fingerprint density at radius 2 is 0.983 bits per heavy atom. The summed E-state index contributed by atoms with van der Waals surface area (Å²) in [5.41, 5.74) is 7.68. The van der Waals surface area contributed by atoms with Gasteiger partial charge in [0.2, 0.25) is 11.8 Å². The molecular formula is C44H50N8O6. The predicted molar refractivity (Wildman–Crippen MR) is 217 cm³/mol. The summed E-state index contributed by atoms with van der Waals surface area (Å²) in [7, 11) is 2.61. The molecule has 0 spiro atoms. The lowest BCUT2D eigenvalue weighted by Crippen LogP contribution is -2.52. The van der Waals surface area contributed by atoms with Crippen molar-refractivity contribution in [2.75, 3.05) is 14.2 Å². The molecule has 14 nitrogen and oxygen atoms in total. The number of alkyl carbamates (subject to hydrolysis) is 2. The van der Waals surface area contributed by atoms with E-state index in [0.29, 0.717) is 11.8 Å². The van der Waals surface area contributed by atoms with E-state index in [0.717, 1.165) is 81.7 Å². The topological polar surface area (TPSA) is 175 Å². The van der Waals surface area contributed by atoms with Crippen LogP contribution in [0, 0.1) is 23.7 Å². The third-order valence-corrected chi connectivity index (χ3v) is 12.7. The molecule has 0 bridgehead atoms. The largest absolute Gasteiger partial charge is 0.453 e. The van der Waals surface area contributed by atoms with Gasteiger partial charge in [-0.25, -0.2) is 19.6 Å². The number of methoxy groups -OCH3 is 2. The summed E-state index contributed by atoms with van der Waals surface area (Å²) < 4.78 is 9.62. The molecule has 9 rings (SSSR count). The van der Waals surface area contributed by atoms with Crippen LogP contribution in [0.4, 0.5) is 9.59 Å². The normalized spacial score (nSPS) is 24.1. The zero-order valence-electron chi connectivity index (χ0n) is 33.6. The van der Waals surface area contributed by atoms with E-state index in [4.69, 9.17) is 19.4 Å². The summed E-state index contributed by atoms with van der Waals surface area (Å²) >= 11 is 0. The first-order chi connectivity index (χ1) is 27.9. The number of carbonyl (C=O) groups is 4. The summed E-state index contributed by atoms with van der Waals surface area (Å²) in [5, 5.41) is 5.49. The van der Waals surface area contributed by atoms with Crippen LogP contribution >= 0.6 is 0 Å². The third-order valence-electron chi connectivity index (χ3n) is 12.7. The van der Waals surface area contributed by atoms with Gasteiger partial charge in [-0.3, -0.25) is 9.59 Å². The highest BCUT2D eigenvalue weighted by Crippen LogP contribution is 2.54. The molecule has 4 amide bonds. The fourth-order valence-corrected chi connectivity index (χ4v) is 9.34. The highest BCUT2D eigenvalue weighted by Gasteiger charge is 2.57. The smallest absolute Gasteiger partial charge is 0.407 e. The molecule has 4 heterocycles. The first kappa shape index (κ1) is 37.6. The molecule has 2 aliphatic carbocycles. The van der Waals surface area contributed by atoms with E-state index in [-0.39, 0.29) is 47.8 Å². The summed E-state index contributed by atoms with van der Waals surface area (Å²) in [6, 6.07) is 19.4. The molecule has 4 fully saturated rings. The molecule has 58 heavy (non-hydrogen) atoms. The van der Waals surface area contributed by atoms with Gasteiger partial charge in [0.05, 0.1) is 48.4 Å². The Bertz CT molecular complexity index is 2250. The minimum atomic E-state index is -0.681. The minimum Gasteiger partial charge on any atom is -0.453 e. The summed E-state index contributed by atoms with van der Waals surface area (Å²) in [6.45, 7) is 7.69. The maximum Gasteiger partial charge on any atom is 0.407 e. The van der Waals surface area contributed by atoms with Gasteiger partial charge >= 0.3 is 12.2 Å². The van der Waals surface area contributed by atoms with Crippen LogP contribution in [0.2, 0.25) is 0 Å². The van der Waals surface area contributed by atoms with Crippen LogP contribution < -0.4 is 10.6 Å². The lowest BCUT2D eigenvalue weighted by atomic mass is 10.00. The number of benzene rings is 3. The number of H-pyrrole nitrogens is 2. The number of amides is 4. The number of nitrogens with one attached hydrogen (secondary N) is 4. The number of likely N-dealkylation sites (tertiary alicyclic amines) is 2. The summed E-state index contributed by atoms with van der Waals surface area (Å²) in [4.78, 5) is 72.7. The van der Waals surface area contributed by atoms with Crippen molar-refractivity contribution in [2.45, 2.75) is 89.6 Å². The summed E-state index contributed by atoms with van der Waals surface area (Å²) in [6.07, 6.45) is 2.41. The van der Waals surface area contributed by atoms with Gasteiger partial charge in [0, 0.05) is 12.1 Å². The Morgan fingerprint density at radius 3 is 1.34 bits per heavy atom. The Morgan fingerprint density at radius 1 is 0.603 bits per heavy atom. The fourth-order valence-electron chi connectivity index (χ4n) is 9.34. The zero-order chi connectivity index (χ0) is 40.6. The predicted octanol–water partition coefficient (Wildman–Crippen LogP) is 6.86. The number of fused-ring (bicyclic) bond motifs is 4. The SMILES string of the molecule is COC(=O)N[C@H](C(=O)N1[C@H](c2nc3ccc(-c4ccc(-c5ccc6nc([C@@H]7C[C@@H]8C[C@@H]8N7C(=O)[C@@H](NC(=O)OC)C(C)C)[nH]c6c5)cc4)cc3[nH]2)C[C@@H]2C[C@@H]21)C(C)C. The van der Waals surface area contributed by atoms with E-state index >= 15 is 0 Å². The first-order valence-corrected chi connectivity index (χ1v) is 20.4. The maximum absolute atomic E-state index is 13.9. The molecule has 2 aliphatic heterocycles. The summed E-state index contributed by atoms with van der Waals surface area (Å²) in [5.74, 6) is 2.01. The number of hydrogen-bond acceptors (Lipinski definition) is 8. The van der Waals surface area contributed by atoms with Crippen LogP contribution in [0.15, 0.2) is 60.7 Å².